The number of anilines is 4. The van der Waals surface area contributed by atoms with Gasteiger partial charge in [0.1, 0.15) is 5.82 Å². The van der Waals surface area contributed by atoms with E-state index in [1.54, 1.807) is 22.1 Å². The molecule has 1 N–H and O–H groups in total. The van der Waals surface area contributed by atoms with E-state index in [-0.39, 0.29) is 19.0 Å². The molecule has 2 amide bonds. The molecular formula is C22H25F3N6OS. The highest BCUT2D eigenvalue weighted by molar-refractivity contribution is 7.15. The van der Waals surface area contributed by atoms with E-state index in [9.17, 15) is 18.0 Å². The molecule has 7 nitrogen and oxygen atoms in total. The number of piperidine rings is 1. The zero-order valence-corrected chi connectivity index (χ0v) is 19.3. The normalized spacial score (nSPS) is 20.8. The molecule has 11 heteroatoms. The van der Waals surface area contributed by atoms with Gasteiger partial charge in [0.2, 0.25) is 0 Å². The number of fused-ring (bicyclic) bond motifs is 3. The number of thiazole rings is 1. The fraction of sp³-hybridized carbons (Fsp3) is 0.500. The zero-order chi connectivity index (χ0) is 23.3. The van der Waals surface area contributed by atoms with Crippen LogP contribution in [0.3, 0.4) is 0 Å². The second-order valence-corrected chi connectivity index (χ2v) is 9.90. The van der Waals surface area contributed by atoms with Crippen molar-refractivity contribution in [3.63, 3.8) is 0 Å². The molecule has 2 aromatic heterocycles. The van der Waals surface area contributed by atoms with E-state index in [0.717, 1.165) is 41.3 Å². The van der Waals surface area contributed by atoms with Gasteiger partial charge in [-0.1, -0.05) is 0 Å². The van der Waals surface area contributed by atoms with Gasteiger partial charge in [0.15, 0.2) is 10.9 Å². The number of nitrogens with one attached hydrogen (secondary N) is 1. The van der Waals surface area contributed by atoms with E-state index in [1.165, 1.54) is 11.3 Å². The number of urea groups is 1. The number of aryl methyl sites for hydroxylation is 1. The molecule has 0 aliphatic carbocycles. The van der Waals surface area contributed by atoms with Crippen LogP contribution in [-0.2, 0) is 0 Å². The van der Waals surface area contributed by atoms with Gasteiger partial charge in [0, 0.05) is 42.1 Å². The Morgan fingerprint density at radius 3 is 2.76 bits per heavy atom. The third kappa shape index (κ3) is 4.03. The van der Waals surface area contributed by atoms with Gasteiger partial charge in [-0.3, -0.25) is 5.32 Å². The number of hydrogen-bond acceptors (Lipinski definition) is 6. The Labute approximate surface area is 193 Å². The molecule has 3 aliphatic rings. The van der Waals surface area contributed by atoms with Gasteiger partial charge in [0.05, 0.1) is 11.6 Å². The topological polar surface area (TPSA) is 64.6 Å². The lowest BCUT2D eigenvalue weighted by Crippen LogP contribution is -2.45. The van der Waals surface area contributed by atoms with Crippen molar-refractivity contribution in [1.82, 2.24) is 9.97 Å². The third-order valence-corrected chi connectivity index (χ3v) is 7.30. The Morgan fingerprint density at radius 2 is 2.03 bits per heavy atom. The summed E-state index contributed by atoms with van der Waals surface area (Å²) in [7, 11) is 0. The van der Waals surface area contributed by atoms with Crippen molar-refractivity contribution in [2.75, 3.05) is 39.7 Å². The minimum atomic E-state index is -4.23. The van der Waals surface area contributed by atoms with Crippen LogP contribution in [0.25, 0.3) is 0 Å². The van der Waals surface area contributed by atoms with Crippen LogP contribution in [0.5, 0.6) is 0 Å². The van der Waals surface area contributed by atoms with Crippen molar-refractivity contribution < 1.29 is 18.0 Å². The van der Waals surface area contributed by atoms with E-state index >= 15 is 0 Å². The summed E-state index contributed by atoms with van der Waals surface area (Å²) in [6, 6.07) is 3.27. The summed E-state index contributed by atoms with van der Waals surface area (Å²) in [6.45, 7) is 5.09. The number of pyridine rings is 1. The number of allylic oxidation sites excluding steroid dienone is 2. The maximum atomic E-state index is 13.4. The number of alkyl halides is 3. The summed E-state index contributed by atoms with van der Waals surface area (Å²) in [5.74, 6) is -0.456. The van der Waals surface area contributed by atoms with Crippen LogP contribution in [0.4, 0.5) is 40.4 Å². The number of nitrogens with zero attached hydrogens (tertiary/aromatic N) is 5. The average Bonchev–Trinajstić information content (AvgIpc) is 3.18. The van der Waals surface area contributed by atoms with Gasteiger partial charge in [-0.05, 0) is 51.7 Å². The van der Waals surface area contributed by atoms with E-state index < -0.39 is 12.1 Å². The van der Waals surface area contributed by atoms with Gasteiger partial charge in [-0.25, -0.2) is 19.7 Å². The molecule has 1 atom stereocenters. The molecule has 33 heavy (non-hydrogen) atoms. The summed E-state index contributed by atoms with van der Waals surface area (Å²) < 4.78 is 40.1. The molecule has 0 radical (unpaired) electrons. The molecular weight excluding hydrogens is 453 g/mol. The van der Waals surface area contributed by atoms with Gasteiger partial charge >= 0.3 is 12.2 Å². The van der Waals surface area contributed by atoms with Gasteiger partial charge in [0.25, 0.3) is 0 Å². The van der Waals surface area contributed by atoms with E-state index in [1.807, 2.05) is 19.9 Å². The lowest BCUT2D eigenvalue weighted by molar-refractivity contribution is -0.176. The first-order valence-corrected chi connectivity index (χ1v) is 11.9. The Kier molecular flexibility index (Phi) is 5.46. The van der Waals surface area contributed by atoms with Crippen LogP contribution in [0.2, 0.25) is 0 Å². The summed E-state index contributed by atoms with van der Waals surface area (Å²) in [5, 5.41) is 3.36. The van der Waals surface area contributed by atoms with Gasteiger partial charge in [-0.2, -0.15) is 13.2 Å². The number of rotatable bonds is 2. The Balaban J connectivity index is 1.51. The van der Waals surface area contributed by atoms with Crippen LogP contribution in [0.1, 0.15) is 37.5 Å². The molecule has 0 spiro atoms. The van der Waals surface area contributed by atoms with Crippen LogP contribution >= 0.6 is 11.3 Å². The smallest absolute Gasteiger partial charge is 0.356 e. The highest BCUT2D eigenvalue weighted by Crippen LogP contribution is 2.44. The fourth-order valence-electron chi connectivity index (χ4n) is 4.83. The quantitative estimate of drug-likeness (QED) is 0.617. The molecule has 0 aromatic carbocycles. The Bertz CT molecular complexity index is 1110. The first-order valence-electron chi connectivity index (χ1n) is 11.1. The van der Waals surface area contributed by atoms with E-state index in [2.05, 4.69) is 15.2 Å². The van der Waals surface area contributed by atoms with Crippen molar-refractivity contribution in [3.8, 4) is 0 Å². The van der Waals surface area contributed by atoms with Crippen molar-refractivity contribution in [1.29, 1.82) is 0 Å². The van der Waals surface area contributed by atoms with Crippen molar-refractivity contribution >= 4 is 39.8 Å². The van der Waals surface area contributed by atoms with Crippen molar-refractivity contribution in [2.45, 2.75) is 45.7 Å². The van der Waals surface area contributed by atoms with Crippen LogP contribution in [0.15, 0.2) is 29.7 Å². The molecule has 5 rings (SSSR count). The first kappa shape index (κ1) is 22.0. The SMILES string of the molecule is CC1=C2CCCN1c1ccc(N3CCCC(C(F)(F)F)C3)nc1N2C(=O)Nc1ncc(C)s1. The Morgan fingerprint density at radius 1 is 1.21 bits per heavy atom. The van der Waals surface area contributed by atoms with Crippen molar-refractivity contribution in [2.24, 2.45) is 5.92 Å². The molecule has 1 saturated heterocycles. The summed E-state index contributed by atoms with van der Waals surface area (Å²) >= 11 is 1.38. The third-order valence-electron chi connectivity index (χ3n) is 6.48. The molecule has 2 aromatic rings. The van der Waals surface area contributed by atoms with Crippen LogP contribution in [-0.4, -0.2) is 41.8 Å². The Hall–Kier alpha value is -2.82. The van der Waals surface area contributed by atoms with Crippen molar-refractivity contribution in [3.05, 3.63) is 34.6 Å². The average molecular weight is 479 g/mol. The fourth-order valence-corrected chi connectivity index (χ4v) is 5.48. The molecule has 2 bridgehead atoms. The summed E-state index contributed by atoms with van der Waals surface area (Å²) in [6.07, 6.45) is -0.332. The minimum Gasteiger partial charge on any atom is -0.356 e. The lowest BCUT2D eigenvalue weighted by Gasteiger charge is -2.43. The summed E-state index contributed by atoms with van der Waals surface area (Å²) in [5.41, 5.74) is 2.63. The van der Waals surface area contributed by atoms with Crippen LogP contribution in [0, 0.1) is 12.8 Å². The maximum Gasteiger partial charge on any atom is 0.393 e. The molecule has 1 fully saturated rings. The standard InChI is InChI=1S/C22H25F3N6OS/c1-13-11-26-20(33-13)28-21(32)31-16-6-4-10-30(14(16)2)17-7-8-18(27-19(17)31)29-9-3-5-15(12-29)22(23,24)25/h7-8,11,15H,3-6,9-10,12H2,1-2H3,(H,26,28,32). The zero-order valence-electron chi connectivity index (χ0n) is 18.4. The number of carbonyl (C=O) groups excluding carboxylic acids is 1. The number of hydrogen-bond donors (Lipinski definition) is 1. The maximum absolute atomic E-state index is 13.4. The molecule has 1 unspecified atom stereocenters. The van der Waals surface area contributed by atoms with Gasteiger partial charge < -0.3 is 9.80 Å². The highest BCUT2D eigenvalue weighted by Gasteiger charge is 2.42. The lowest BCUT2D eigenvalue weighted by atomic mass is 9.97. The predicted molar refractivity (Wildman–Crippen MR) is 123 cm³/mol. The molecule has 176 valence electrons. The minimum absolute atomic E-state index is 0.120. The first-order chi connectivity index (χ1) is 15.7. The van der Waals surface area contributed by atoms with E-state index in [0.29, 0.717) is 29.7 Å². The second-order valence-electron chi connectivity index (χ2n) is 8.67. The predicted octanol–water partition coefficient (Wildman–Crippen LogP) is 5.51. The molecule has 3 aliphatic heterocycles. The number of halogens is 3. The monoisotopic (exact) mass is 478 g/mol. The van der Waals surface area contributed by atoms with E-state index in [4.69, 9.17) is 4.98 Å². The second kappa shape index (κ2) is 8.19. The highest BCUT2D eigenvalue weighted by atomic mass is 32.1. The largest absolute Gasteiger partial charge is 0.393 e. The van der Waals surface area contributed by atoms with Crippen LogP contribution < -0.4 is 20.0 Å². The van der Waals surface area contributed by atoms with Gasteiger partial charge in [-0.15, -0.1) is 11.3 Å². The number of aromatic nitrogens is 2. The number of carbonyl (C=O) groups is 1. The molecule has 5 heterocycles. The summed E-state index contributed by atoms with van der Waals surface area (Å²) in [4.78, 5) is 28.7. The molecule has 0 saturated carbocycles. The number of amides is 2.